The first-order valence-corrected chi connectivity index (χ1v) is 9.05. The van der Waals surface area contributed by atoms with Gasteiger partial charge in [0.25, 0.3) is 5.91 Å². The fraction of sp³-hybridized carbons (Fsp3) is 0.300. The molecule has 1 fully saturated rings. The molecule has 27 heavy (non-hydrogen) atoms. The fourth-order valence-electron chi connectivity index (χ4n) is 3.19. The van der Waals surface area contributed by atoms with E-state index < -0.39 is 17.6 Å². The quantitative estimate of drug-likeness (QED) is 0.859. The summed E-state index contributed by atoms with van der Waals surface area (Å²) in [4.78, 5) is 26.8. The Morgan fingerprint density at radius 3 is 2.78 bits per heavy atom. The number of benzene rings is 2. The Balaban J connectivity index is 1.71. The Hall–Kier alpha value is -2.60. The molecule has 3 rings (SSSR count). The van der Waals surface area contributed by atoms with Crippen LogP contribution >= 0.6 is 11.6 Å². The molecule has 0 spiro atoms. The van der Waals surface area contributed by atoms with Crippen LogP contribution in [0.2, 0.25) is 5.02 Å². The van der Waals surface area contributed by atoms with Crippen molar-refractivity contribution in [1.29, 1.82) is 0 Å². The van der Waals surface area contributed by atoms with Gasteiger partial charge in [-0.15, -0.1) is 0 Å². The van der Waals surface area contributed by atoms with Crippen molar-refractivity contribution >= 4 is 29.1 Å². The van der Waals surface area contributed by atoms with E-state index in [9.17, 15) is 14.0 Å². The minimum atomic E-state index is -0.558. The van der Waals surface area contributed by atoms with Crippen LogP contribution in [0.25, 0.3) is 0 Å². The maximum atomic E-state index is 13.9. The number of carbonyl (C=O) groups is 2. The zero-order chi connectivity index (χ0) is 19.4. The number of hydrogen-bond acceptors (Lipinski definition) is 3. The van der Waals surface area contributed by atoms with Crippen molar-refractivity contribution in [3.05, 3.63) is 58.9 Å². The number of amides is 2. The van der Waals surface area contributed by atoms with E-state index in [2.05, 4.69) is 5.32 Å². The minimum absolute atomic E-state index is 0.0232. The largest absolute Gasteiger partial charge is 0.495 e. The van der Waals surface area contributed by atoms with Crippen molar-refractivity contribution in [3.8, 4) is 5.75 Å². The van der Waals surface area contributed by atoms with E-state index in [4.69, 9.17) is 16.3 Å². The lowest BCUT2D eigenvalue weighted by Gasteiger charge is -2.32. The van der Waals surface area contributed by atoms with E-state index in [-0.39, 0.29) is 18.0 Å². The lowest BCUT2D eigenvalue weighted by atomic mass is 9.96. The maximum absolute atomic E-state index is 13.9. The van der Waals surface area contributed by atoms with Crippen LogP contribution in [0.1, 0.15) is 23.2 Å². The zero-order valence-corrected chi connectivity index (χ0v) is 15.6. The van der Waals surface area contributed by atoms with Crippen LogP contribution in [0.5, 0.6) is 5.75 Å². The second kappa shape index (κ2) is 8.39. The molecular weight excluding hydrogens is 371 g/mol. The van der Waals surface area contributed by atoms with Crippen molar-refractivity contribution < 1.29 is 18.7 Å². The molecule has 0 radical (unpaired) electrons. The summed E-state index contributed by atoms with van der Waals surface area (Å²) < 4.78 is 19.1. The first kappa shape index (κ1) is 19.2. The molecule has 2 amide bonds. The zero-order valence-electron chi connectivity index (χ0n) is 14.9. The normalized spacial score (nSPS) is 16.7. The monoisotopic (exact) mass is 390 g/mol. The van der Waals surface area contributed by atoms with E-state index in [0.717, 1.165) is 0 Å². The standard InChI is InChI=1S/C20H20ClFN2O3/c1-27-18-9-8-14(21)11-17(18)23-19(25)13-5-4-10-24(12-13)20(26)15-6-2-3-7-16(15)22/h2-3,6-9,11,13H,4-5,10,12H2,1H3,(H,23,25)/t13-/m1/s1. The van der Waals surface area contributed by atoms with E-state index >= 15 is 0 Å². The van der Waals surface area contributed by atoms with Gasteiger partial charge in [-0.2, -0.15) is 0 Å². The average molecular weight is 391 g/mol. The smallest absolute Gasteiger partial charge is 0.256 e. The SMILES string of the molecule is COc1ccc(Cl)cc1NC(=O)[C@@H]1CCCN(C(=O)c2ccccc2F)C1. The third-order valence-electron chi connectivity index (χ3n) is 4.60. The van der Waals surface area contributed by atoms with Crippen LogP contribution in [0, 0.1) is 11.7 Å². The summed E-state index contributed by atoms with van der Waals surface area (Å²) in [5, 5.41) is 3.30. The van der Waals surface area contributed by atoms with E-state index in [1.807, 2.05) is 0 Å². The van der Waals surface area contributed by atoms with Crippen LogP contribution in [-0.4, -0.2) is 36.9 Å². The van der Waals surface area contributed by atoms with Gasteiger partial charge in [0, 0.05) is 18.1 Å². The lowest BCUT2D eigenvalue weighted by Crippen LogP contribution is -2.44. The Kier molecular flexibility index (Phi) is 5.96. The Labute approximate surface area is 162 Å². The minimum Gasteiger partial charge on any atom is -0.495 e. The topological polar surface area (TPSA) is 58.6 Å². The molecule has 0 aliphatic carbocycles. The maximum Gasteiger partial charge on any atom is 0.256 e. The summed E-state index contributed by atoms with van der Waals surface area (Å²) in [6, 6.07) is 10.8. The van der Waals surface area contributed by atoms with Crippen molar-refractivity contribution in [2.45, 2.75) is 12.8 Å². The molecule has 1 aliphatic heterocycles. The summed E-state index contributed by atoms with van der Waals surface area (Å²) in [6.07, 6.45) is 1.32. The molecule has 1 N–H and O–H groups in total. The summed E-state index contributed by atoms with van der Waals surface area (Å²) in [7, 11) is 1.51. The van der Waals surface area contributed by atoms with Crippen LogP contribution in [0.4, 0.5) is 10.1 Å². The van der Waals surface area contributed by atoms with Gasteiger partial charge in [-0.3, -0.25) is 9.59 Å². The summed E-state index contributed by atoms with van der Waals surface area (Å²) in [5.74, 6) is -1.06. The number of halogens is 2. The number of hydrogen-bond donors (Lipinski definition) is 1. The molecule has 0 saturated carbocycles. The highest BCUT2D eigenvalue weighted by Gasteiger charge is 2.30. The summed E-state index contributed by atoms with van der Waals surface area (Å²) in [5.41, 5.74) is 0.502. The number of piperidine rings is 1. The molecule has 1 saturated heterocycles. The molecule has 1 heterocycles. The van der Waals surface area contributed by atoms with E-state index in [1.165, 1.54) is 30.2 Å². The Bertz CT molecular complexity index is 859. The highest BCUT2D eigenvalue weighted by Crippen LogP contribution is 2.29. The molecule has 1 aliphatic rings. The molecule has 2 aromatic carbocycles. The van der Waals surface area contributed by atoms with Crippen LogP contribution < -0.4 is 10.1 Å². The predicted molar refractivity (Wildman–Crippen MR) is 102 cm³/mol. The fourth-order valence-corrected chi connectivity index (χ4v) is 3.37. The van der Waals surface area contributed by atoms with Crippen molar-refractivity contribution in [2.75, 3.05) is 25.5 Å². The molecule has 1 atom stereocenters. The van der Waals surface area contributed by atoms with E-state index in [1.54, 1.807) is 24.3 Å². The van der Waals surface area contributed by atoms with Crippen LogP contribution in [0.15, 0.2) is 42.5 Å². The van der Waals surface area contributed by atoms with Gasteiger partial charge in [0.05, 0.1) is 24.3 Å². The van der Waals surface area contributed by atoms with Gasteiger partial charge in [-0.05, 0) is 43.2 Å². The molecule has 142 valence electrons. The van der Waals surface area contributed by atoms with Crippen LogP contribution in [-0.2, 0) is 4.79 Å². The lowest BCUT2D eigenvalue weighted by molar-refractivity contribution is -0.121. The molecule has 0 unspecified atom stereocenters. The van der Waals surface area contributed by atoms with Gasteiger partial charge in [-0.25, -0.2) is 4.39 Å². The number of anilines is 1. The first-order chi connectivity index (χ1) is 13.0. The molecule has 0 bridgehead atoms. The second-order valence-corrected chi connectivity index (χ2v) is 6.84. The average Bonchev–Trinajstić information content (AvgIpc) is 2.68. The third-order valence-corrected chi connectivity index (χ3v) is 4.84. The first-order valence-electron chi connectivity index (χ1n) is 8.68. The van der Waals surface area contributed by atoms with Crippen molar-refractivity contribution in [3.63, 3.8) is 0 Å². The molecule has 0 aromatic heterocycles. The highest BCUT2D eigenvalue weighted by molar-refractivity contribution is 6.31. The molecule has 5 nitrogen and oxygen atoms in total. The van der Waals surface area contributed by atoms with Gasteiger partial charge in [0.15, 0.2) is 0 Å². The number of rotatable bonds is 4. The third kappa shape index (κ3) is 4.39. The summed E-state index contributed by atoms with van der Waals surface area (Å²) in [6.45, 7) is 0.735. The van der Waals surface area contributed by atoms with Gasteiger partial charge < -0.3 is 15.0 Å². The molecule has 7 heteroatoms. The summed E-state index contributed by atoms with van der Waals surface area (Å²) >= 11 is 6.00. The van der Waals surface area contributed by atoms with Gasteiger partial charge >= 0.3 is 0 Å². The number of likely N-dealkylation sites (tertiary alicyclic amines) is 1. The van der Waals surface area contributed by atoms with Gasteiger partial charge in [0.1, 0.15) is 11.6 Å². The predicted octanol–water partition coefficient (Wildman–Crippen LogP) is 3.98. The Morgan fingerprint density at radius 2 is 2.04 bits per heavy atom. The number of nitrogens with one attached hydrogen (secondary N) is 1. The van der Waals surface area contributed by atoms with Crippen molar-refractivity contribution in [1.82, 2.24) is 4.90 Å². The Morgan fingerprint density at radius 1 is 1.26 bits per heavy atom. The van der Waals surface area contributed by atoms with E-state index in [0.29, 0.717) is 35.8 Å². The van der Waals surface area contributed by atoms with Gasteiger partial charge in [-0.1, -0.05) is 23.7 Å². The number of ether oxygens (including phenoxy) is 1. The number of methoxy groups -OCH3 is 1. The second-order valence-electron chi connectivity index (χ2n) is 6.40. The van der Waals surface area contributed by atoms with Crippen LogP contribution in [0.3, 0.4) is 0 Å². The highest BCUT2D eigenvalue weighted by atomic mass is 35.5. The molecule has 2 aromatic rings. The number of nitrogens with zero attached hydrogens (tertiary/aromatic N) is 1. The van der Waals surface area contributed by atoms with Crippen molar-refractivity contribution in [2.24, 2.45) is 5.92 Å². The van der Waals surface area contributed by atoms with Gasteiger partial charge in [0.2, 0.25) is 5.91 Å². The number of carbonyl (C=O) groups excluding carboxylic acids is 2. The molecular formula is C20H20ClFN2O3.